The monoisotopic (exact) mass is 328 g/mol. The Kier molecular flexibility index (Phi) is 4.45. The van der Waals surface area contributed by atoms with Crippen LogP contribution in [0.1, 0.15) is 21.5 Å². The van der Waals surface area contributed by atoms with Gasteiger partial charge in [0.15, 0.2) is 5.13 Å². The van der Waals surface area contributed by atoms with E-state index in [1.807, 2.05) is 36.4 Å². The van der Waals surface area contributed by atoms with Crippen LogP contribution in [0, 0.1) is 6.92 Å². The van der Waals surface area contributed by atoms with Crippen LogP contribution in [-0.4, -0.2) is 17.1 Å². The van der Waals surface area contributed by atoms with Crippen LogP contribution in [0.4, 0.5) is 5.13 Å². The molecule has 0 aliphatic carbocycles. The maximum Gasteiger partial charge on any atom is 0.257 e. The van der Waals surface area contributed by atoms with Crippen molar-refractivity contribution < 1.29 is 4.79 Å². The van der Waals surface area contributed by atoms with Crippen LogP contribution in [0.2, 0.25) is 0 Å². The van der Waals surface area contributed by atoms with E-state index in [0.717, 1.165) is 21.5 Å². The van der Waals surface area contributed by atoms with Crippen molar-refractivity contribution in [3.05, 3.63) is 59.2 Å². The Morgan fingerprint density at radius 1 is 1.27 bits per heavy atom. The van der Waals surface area contributed by atoms with Crippen molar-refractivity contribution in [1.82, 2.24) is 4.98 Å². The number of aryl methyl sites for hydroxylation is 1. The van der Waals surface area contributed by atoms with Crippen LogP contribution < -0.4 is 5.32 Å². The number of amides is 1. The number of hydrogen-bond acceptors (Lipinski definition) is 4. The summed E-state index contributed by atoms with van der Waals surface area (Å²) in [6, 6.07) is 13.8. The second-order valence-electron chi connectivity index (χ2n) is 5.08. The summed E-state index contributed by atoms with van der Waals surface area (Å²) in [5, 5.41) is 3.54. The van der Waals surface area contributed by atoms with Gasteiger partial charge in [0.05, 0.1) is 10.2 Å². The number of nitrogens with one attached hydrogen (secondary N) is 1. The molecule has 0 aliphatic rings. The van der Waals surface area contributed by atoms with Gasteiger partial charge in [-0.3, -0.25) is 10.1 Å². The van der Waals surface area contributed by atoms with Gasteiger partial charge in [-0.1, -0.05) is 29.5 Å². The van der Waals surface area contributed by atoms with E-state index in [4.69, 9.17) is 0 Å². The van der Waals surface area contributed by atoms with E-state index < -0.39 is 0 Å². The van der Waals surface area contributed by atoms with Gasteiger partial charge in [0.25, 0.3) is 5.91 Å². The number of thioether (sulfide) groups is 1. The molecule has 1 N–H and O–H groups in total. The zero-order chi connectivity index (χ0) is 15.5. The summed E-state index contributed by atoms with van der Waals surface area (Å²) in [7, 11) is 0. The standard InChI is InChI=1S/C17H16N2OS2/c1-11-6-7-14-15(8-11)22-17(18-14)19-16(20)13-5-3-4-12(9-13)10-21-2/h3-9H,10H2,1-2H3,(H,18,19,20). The Morgan fingerprint density at radius 2 is 2.14 bits per heavy atom. The smallest absolute Gasteiger partial charge is 0.257 e. The molecule has 3 nitrogen and oxygen atoms in total. The number of nitrogens with zero attached hydrogens (tertiary/aromatic N) is 1. The van der Waals surface area contributed by atoms with Crippen molar-refractivity contribution in [3.63, 3.8) is 0 Å². The Labute approximate surface area is 137 Å². The summed E-state index contributed by atoms with van der Waals surface area (Å²) in [6.45, 7) is 2.05. The molecular formula is C17H16N2OS2. The average Bonchev–Trinajstić information content (AvgIpc) is 2.89. The van der Waals surface area contributed by atoms with Crippen molar-refractivity contribution in [2.24, 2.45) is 0 Å². The van der Waals surface area contributed by atoms with Gasteiger partial charge in [0.2, 0.25) is 0 Å². The summed E-state index contributed by atoms with van der Waals surface area (Å²) < 4.78 is 1.09. The number of rotatable bonds is 4. The topological polar surface area (TPSA) is 42.0 Å². The molecule has 0 unspecified atom stereocenters. The minimum absolute atomic E-state index is 0.112. The lowest BCUT2D eigenvalue weighted by Crippen LogP contribution is -2.11. The molecule has 1 heterocycles. The van der Waals surface area contributed by atoms with Gasteiger partial charge in [0, 0.05) is 11.3 Å². The van der Waals surface area contributed by atoms with Crippen molar-refractivity contribution in [3.8, 4) is 0 Å². The molecule has 5 heteroatoms. The fraction of sp³-hybridized carbons (Fsp3) is 0.176. The van der Waals surface area contributed by atoms with Crippen LogP contribution in [0.25, 0.3) is 10.2 Å². The van der Waals surface area contributed by atoms with Crippen molar-refractivity contribution >= 4 is 44.4 Å². The van der Waals surface area contributed by atoms with Crippen LogP contribution in [0.5, 0.6) is 0 Å². The third kappa shape index (κ3) is 3.31. The van der Waals surface area contributed by atoms with Gasteiger partial charge in [-0.15, -0.1) is 0 Å². The third-order valence-electron chi connectivity index (χ3n) is 3.26. The van der Waals surface area contributed by atoms with Crippen LogP contribution in [0.3, 0.4) is 0 Å². The number of carbonyl (C=O) groups excluding carboxylic acids is 1. The first-order valence-electron chi connectivity index (χ1n) is 6.92. The first kappa shape index (κ1) is 15.1. The fourth-order valence-electron chi connectivity index (χ4n) is 2.22. The fourth-order valence-corrected chi connectivity index (χ4v) is 3.70. The molecule has 0 fully saturated rings. The molecule has 0 radical (unpaired) electrons. The highest BCUT2D eigenvalue weighted by Gasteiger charge is 2.10. The molecule has 0 aliphatic heterocycles. The predicted molar refractivity (Wildman–Crippen MR) is 96.0 cm³/mol. The lowest BCUT2D eigenvalue weighted by atomic mass is 10.1. The maximum atomic E-state index is 12.4. The first-order chi connectivity index (χ1) is 10.7. The number of carbonyl (C=O) groups is 1. The Bertz CT molecular complexity index is 826. The molecule has 22 heavy (non-hydrogen) atoms. The summed E-state index contributed by atoms with van der Waals surface area (Å²) in [5.74, 6) is 0.792. The number of thiazole rings is 1. The molecule has 3 rings (SSSR count). The van der Waals surface area contributed by atoms with Crippen LogP contribution >= 0.6 is 23.1 Å². The lowest BCUT2D eigenvalue weighted by molar-refractivity contribution is 0.102. The predicted octanol–water partition coefficient (Wildman–Crippen LogP) is 4.72. The lowest BCUT2D eigenvalue weighted by Gasteiger charge is -2.04. The third-order valence-corrected chi connectivity index (χ3v) is 4.82. The van der Waals surface area contributed by atoms with E-state index in [2.05, 4.69) is 29.5 Å². The average molecular weight is 328 g/mol. The molecular weight excluding hydrogens is 312 g/mol. The van der Waals surface area contributed by atoms with Crippen molar-refractivity contribution in [2.45, 2.75) is 12.7 Å². The quantitative estimate of drug-likeness (QED) is 0.753. The highest BCUT2D eigenvalue weighted by Crippen LogP contribution is 2.27. The number of anilines is 1. The van der Waals surface area contributed by atoms with Gasteiger partial charge >= 0.3 is 0 Å². The summed E-state index contributed by atoms with van der Waals surface area (Å²) in [6.07, 6.45) is 2.05. The molecule has 1 amide bonds. The second-order valence-corrected chi connectivity index (χ2v) is 6.97. The summed E-state index contributed by atoms with van der Waals surface area (Å²) >= 11 is 3.24. The molecule has 2 aromatic carbocycles. The van der Waals surface area contributed by atoms with Gasteiger partial charge in [-0.25, -0.2) is 4.98 Å². The minimum atomic E-state index is -0.112. The minimum Gasteiger partial charge on any atom is -0.298 e. The van der Waals surface area contributed by atoms with Gasteiger partial charge in [-0.05, 0) is 48.6 Å². The normalized spacial score (nSPS) is 10.8. The second kappa shape index (κ2) is 6.50. The summed E-state index contributed by atoms with van der Waals surface area (Å²) in [4.78, 5) is 16.8. The highest BCUT2D eigenvalue weighted by molar-refractivity contribution is 7.97. The molecule has 0 saturated carbocycles. The zero-order valence-electron chi connectivity index (χ0n) is 12.4. The summed E-state index contributed by atoms with van der Waals surface area (Å²) in [5.41, 5.74) is 3.93. The van der Waals surface area contributed by atoms with E-state index in [9.17, 15) is 4.79 Å². The molecule has 112 valence electrons. The molecule has 0 spiro atoms. The maximum absolute atomic E-state index is 12.4. The molecule has 0 saturated heterocycles. The van der Waals surface area contributed by atoms with Crippen LogP contribution in [-0.2, 0) is 5.75 Å². The van der Waals surface area contributed by atoms with Crippen molar-refractivity contribution in [2.75, 3.05) is 11.6 Å². The number of hydrogen-bond donors (Lipinski definition) is 1. The van der Waals surface area contributed by atoms with Crippen molar-refractivity contribution in [1.29, 1.82) is 0 Å². The Balaban J connectivity index is 1.81. The molecule has 0 bridgehead atoms. The van der Waals surface area contributed by atoms with Crippen LogP contribution in [0.15, 0.2) is 42.5 Å². The zero-order valence-corrected chi connectivity index (χ0v) is 14.1. The van der Waals surface area contributed by atoms with E-state index in [1.54, 1.807) is 11.8 Å². The molecule has 3 aromatic rings. The van der Waals surface area contributed by atoms with Gasteiger partial charge in [0.1, 0.15) is 0 Å². The molecule has 0 atom stereocenters. The number of fused-ring (bicyclic) bond motifs is 1. The first-order valence-corrected chi connectivity index (χ1v) is 9.13. The SMILES string of the molecule is CSCc1cccc(C(=O)Nc2nc3ccc(C)cc3s2)c1. The van der Waals surface area contributed by atoms with E-state index in [0.29, 0.717) is 10.7 Å². The number of benzene rings is 2. The van der Waals surface area contributed by atoms with Gasteiger partial charge in [-0.2, -0.15) is 11.8 Å². The largest absolute Gasteiger partial charge is 0.298 e. The highest BCUT2D eigenvalue weighted by atomic mass is 32.2. The van der Waals surface area contributed by atoms with E-state index in [-0.39, 0.29) is 5.91 Å². The van der Waals surface area contributed by atoms with E-state index >= 15 is 0 Å². The molecule has 1 aromatic heterocycles. The Hall–Kier alpha value is -1.85. The Morgan fingerprint density at radius 3 is 2.95 bits per heavy atom. The number of aromatic nitrogens is 1. The van der Waals surface area contributed by atoms with E-state index in [1.165, 1.54) is 16.9 Å². The van der Waals surface area contributed by atoms with Gasteiger partial charge < -0.3 is 0 Å².